The number of ether oxygens (including phenoxy) is 1. The fourth-order valence-electron chi connectivity index (χ4n) is 1.61. The van der Waals surface area contributed by atoms with Gasteiger partial charge in [-0.2, -0.15) is 0 Å². The van der Waals surface area contributed by atoms with Crippen molar-refractivity contribution in [3.8, 4) is 0 Å². The maximum atomic E-state index is 11.2. The highest BCUT2D eigenvalue weighted by molar-refractivity contribution is 6.23. The molecule has 5 atom stereocenters. The summed E-state index contributed by atoms with van der Waals surface area (Å²) in [5.74, 6) is -1.05. The number of aliphatic hydroxyl groups excluding tert-OH is 3. The predicted octanol–water partition coefficient (Wildman–Crippen LogP) is -2.02. The number of rotatable bonds is 1. The zero-order chi connectivity index (χ0) is 11.8. The second kappa shape index (κ2) is 4.23. The smallest absolute Gasteiger partial charge is 0.339 e. The maximum absolute atomic E-state index is 11.2. The molecule has 1 fully saturated rings. The van der Waals surface area contributed by atoms with Crippen LogP contribution in [0.4, 0.5) is 0 Å². The normalized spacial score (nSPS) is 46.3. The summed E-state index contributed by atoms with van der Waals surface area (Å²) in [6, 6.07) is 0. The summed E-state index contributed by atoms with van der Waals surface area (Å²) in [5, 5.41) is 36.4. The minimum Gasteiger partial charge on any atom is -0.467 e. The van der Waals surface area contributed by atoms with E-state index in [4.69, 9.17) is 11.6 Å². The Kier molecular flexibility index (Phi) is 3.57. The molecular formula is C8H13ClO6. The van der Waals surface area contributed by atoms with E-state index in [2.05, 4.69) is 4.74 Å². The molecule has 6 nitrogen and oxygen atoms in total. The number of hydrogen-bond acceptors (Lipinski definition) is 6. The van der Waals surface area contributed by atoms with Gasteiger partial charge in [0.2, 0.25) is 0 Å². The highest BCUT2D eigenvalue weighted by Gasteiger charge is 2.56. The molecule has 0 heterocycles. The topological polar surface area (TPSA) is 107 Å². The summed E-state index contributed by atoms with van der Waals surface area (Å²) in [6.45, 7) is 0. The number of carbonyl (C=O) groups is 1. The van der Waals surface area contributed by atoms with Gasteiger partial charge in [0.15, 0.2) is 5.60 Å². The molecule has 5 unspecified atom stereocenters. The van der Waals surface area contributed by atoms with Crippen LogP contribution in [0.15, 0.2) is 0 Å². The van der Waals surface area contributed by atoms with Crippen LogP contribution in [0.25, 0.3) is 0 Å². The van der Waals surface area contributed by atoms with Crippen LogP contribution >= 0.6 is 11.6 Å². The van der Waals surface area contributed by atoms with E-state index < -0.39 is 41.7 Å². The van der Waals surface area contributed by atoms with Crippen molar-refractivity contribution in [2.24, 2.45) is 0 Å². The van der Waals surface area contributed by atoms with Gasteiger partial charge in [-0.3, -0.25) is 0 Å². The molecular weight excluding hydrogens is 228 g/mol. The Labute approximate surface area is 91.0 Å². The quantitative estimate of drug-likeness (QED) is 0.312. The molecule has 0 aliphatic heterocycles. The van der Waals surface area contributed by atoms with Crippen LogP contribution in [0.3, 0.4) is 0 Å². The van der Waals surface area contributed by atoms with Gasteiger partial charge in [0, 0.05) is 6.42 Å². The molecule has 4 N–H and O–H groups in total. The number of methoxy groups -OCH3 is 1. The van der Waals surface area contributed by atoms with Gasteiger partial charge < -0.3 is 25.2 Å². The first kappa shape index (κ1) is 12.7. The van der Waals surface area contributed by atoms with Gasteiger partial charge in [-0.1, -0.05) is 0 Å². The van der Waals surface area contributed by atoms with E-state index in [-0.39, 0.29) is 0 Å². The fraction of sp³-hybridized carbons (Fsp3) is 0.875. The molecule has 0 aromatic carbocycles. The minimum absolute atomic E-state index is 0.480. The number of esters is 1. The summed E-state index contributed by atoms with van der Waals surface area (Å²) in [7, 11) is 1.05. The van der Waals surface area contributed by atoms with Gasteiger partial charge in [0.1, 0.15) is 17.6 Å². The Balaban J connectivity index is 2.96. The molecule has 15 heavy (non-hydrogen) atoms. The van der Waals surface area contributed by atoms with E-state index in [9.17, 15) is 25.2 Å². The van der Waals surface area contributed by atoms with Crippen molar-refractivity contribution < 1.29 is 30.0 Å². The van der Waals surface area contributed by atoms with Gasteiger partial charge in [0.25, 0.3) is 0 Å². The number of carbonyl (C=O) groups excluding carboxylic acids is 1. The van der Waals surface area contributed by atoms with Gasteiger partial charge in [-0.25, -0.2) is 4.79 Å². The summed E-state index contributed by atoms with van der Waals surface area (Å²) in [4.78, 5) is 11.2. The van der Waals surface area contributed by atoms with Crippen LogP contribution < -0.4 is 0 Å². The molecule has 0 amide bonds. The summed E-state index contributed by atoms with van der Waals surface area (Å²) in [6.07, 6.45) is -5.00. The van der Waals surface area contributed by atoms with Crippen molar-refractivity contribution in [2.75, 3.05) is 7.11 Å². The molecule has 0 aromatic rings. The fourth-order valence-corrected chi connectivity index (χ4v) is 1.94. The Morgan fingerprint density at radius 1 is 1.40 bits per heavy atom. The molecule has 0 spiro atoms. The van der Waals surface area contributed by atoms with E-state index in [1.54, 1.807) is 0 Å². The highest BCUT2D eigenvalue weighted by atomic mass is 35.5. The first-order valence-corrected chi connectivity index (χ1v) is 4.77. The molecule has 0 aromatic heterocycles. The van der Waals surface area contributed by atoms with E-state index in [0.29, 0.717) is 0 Å². The SMILES string of the molecule is COC(=O)C1(O)CC(O)C(O)C(O)C1Cl. The largest absolute Gasteiger partial charge is 0.467 e. The lowest BCUT2D eigenvalue weighted by atomic mass is 9.79. The maximum Gasteiger partial charge on any atom is 0.339 e. The van der Waals surface area contributed by atoms with Crippen LogP contribution in [0.5, 0.6) is 0 Å². The van der Waals surface area contributed by atoms with Gasteiger partial charge in [0.05, 0.1) is 13.2 Å². The summed E-state index contributed by atoms with van der Waals surface area (Å²) < 4.78 is 4.32. The minimum atomic E-state index is -2.19. The Hall–Kier alpha value is -0.400. The number of halogens is 1. The third-order valence-electron chi connectivity index (χ3n) is 2.56. The number of alkyl halides is 1. The van der Waals surface area contributed by atoms with Crippen molar-refractivity contribution in [3.05, 3.63) is 0 Å². The van der Waals surface area contributed by atoms with E-state index >= 15 is 0 Å². The van der Waals surface area contributed by atoms with E-state index in [1.807, 2.05) is 0 Å². The second-order valence-electron chi connectivity index (χ2n) is 3.57. The molecule has 1 aliphatic carbocycles. The lowest BCUT2D eigenvalue weighted by molar-refractivity contribution is -0.188. The Morgan fingerprint density at radius 3 is 2.40 bits per heavy atom. The van der Waals surface area contributed by atoms with Crippen molar-refractivity contribution >= 4 is 17.6 Å². The number of aliphatic hydroxyl groups is 4. The molecule has 88 valence electrons. The van der Waals surface area contributed by atoms with Crippen LogP contribution in [0.1, 0.15) is 6.42 Å². The second-order valence-corrected chi connectivity index (χ2v) is 4.04. The predicted molar refractivity (Wildman–Crippen MR) is 49.2 cm³/mol. The zero-order valence-electron chi connectivity index (χ0n) is 8.00. The van der Waals surface area contributed by atoms with Crippen LogP contribution in [-0.2, 0) is 9.53 Å². The Morgan fingerprint density at radius 2 is 1.93 bits per heavy atom. The van der Waals surface area contributed by atoms with Gasteiger partial charge >= 0.3 is 5.97 Å². The first-order valence-electron chi connectivity index (χ1n) is 4.33. The van der Waals surface area contributed by atoms with Crippen molar-refractivity contribution in [2.45, 2.75) is 35.7 Å². The van der Waals surface area contributed by atoms with Crippen LogP contribution in [0.2, 0.25) is 0 Å². The Bertz CT molecular complexity index is 260. The van der Waals surface area contributed by atoms with E-state index in [1.165, 1.54) is 0 Å². The third kappa shape index (κ3) is 1.95. The first-order chi connectivity index (χ1) is 6.84. The zero-order valence-corrected chi connectivity index (χ0v) is 8.76. The molecule has 7 heteroatoms. The average Bonchev–Trinajstić information content (AvgIpc) is 2.22. The van der Waals surface area contributed by atoms with Gasteiger partial charge in [-0.15, -0.1) is 11.6 Å². The summed E-state index contributed by atoms with van der Waals surface area (Å²) >= 11 is 5.64. The van der Waals surface area contributed by atoms with Gasteiger partial charge in [-0.05, 0) is 0 Å². The third-order valence-corrected chi connectivity index (χ3v) is 3.18. The van der Waals surface area contributed by atoms with Crippen LogP contribution in [-0.4, -0.2) is 62.8 Å². The average molecular weight is 241 g/mol. The monoisotopic (exact) mass is 240 g/mol. The van der Waals surface area contributed by atoms with E-state index in [0.717, 1.165) is 7.11 Å². The number of hydrogen-bond donors (Lipinski definition) is 4. The lowest BCUT2D eigenvalue weighted by Gasteiger charge is -2.41. The lowest BCUT2D eigenvalue weighted by Crippen LogP contribution is -2.64. The van der Waals surface area contributed by atoms with Crippen molar-refractivity contribution in [1.29, 1.82) is 0 Å². The summed E-state index contributed by atoms with van der Waals surface area (Å²) in [5.41, 5.74) is -2.19. The molecule has 0 bridgehead atoms. The van der Waals surface area contributed by atoms with Crippen molar-refractivity contribution in [1.82, 2.24) is 0 Å². The molecule has 0 saturated heterocycles. The standard InChI is InChI=1S/C8H13ClO6/c1-15-7(13)8(14)2-3(10)4(11)5(12)6(8)9/h3-6,10-12,14H,2H2,1H3. The molecule has 1 saturated carbocycles. The highest BCUT2D eigenvalue weighted by Crippen LogP contribution is 2.34. The molecule has 1 rings (SSSR count). The van der Waals surface area contributed by atoms with Crippen LogP contribution in [0, 0.1) is 0 Å². The molecule has 0 radical (unpaired) electrons. The molecule has 1 aliphatic rings. The van der Waals surface area contributed by atoms with Crippen molar-refractivity contribution in [3.63, 3.8) is 0 Å².